The van der Waals surface area contributed by atoms with Gasteiger partial charge in [-0.15, -0.1) is 19.7 Å². The third kappa shape index (κ3) is 9.76. The van der Waals surface area contributed by atoms with Crippen molar-refractivity contribution < 1.29 is 0 Å². The summed E-state index contributed by atoms with van der Waals surface area (Å²) in [6, 6.07) is 0. The maximum absolute atomic E-state index is 4.10. The third-order valence-corrected chi connectivity index (χ3v) is 3.79. The largest absolute Gasteiger partial charge is 0.103 e. The molecule has 0 aliphatic rings. The van der Waals surface area contributed by atoms with Crippen LogP contribution >= 0.6 is 0 Å². The highest BCUT2D eigenvalue weighted by atomic mass is 14.2. The van der Waals surface area contributed by atoms with Crippen molar-refractivity contribution in [2.75, 3.05) is 0 Å². The predicted octanol–water partition coefficient (Wildman–Crippen LogP) is 6.70. The second-order valence-corrected chi connectivity index (χ2v) is 6.22. The second-order valence-electron chi connectivity index (χ2n) is 6.22. The van der Waals surface area contributed by atoms with E-state index in [4.69, 9.17) is 0 Å². The van der Waals surface area contributed by atoms with Crippen LogP contribution in [0.1, 0.15) is 72.1 Å². The van der Waals surface area contributed by atoms with Crippen LogP contribution in [0, 0.1) is 11.8 Å². The minimum atomic E-state index is 0.703. The Hall–Kier alpha value is -0.780. The van der Waals surface area contributed by atoms with Crippen LogP contribution in [0.2, 0.25) is 0 Å². The fraction of sp³-hybridized carbons (Fsp3) is 0.684. The Morgan fingerprint density at radius 1 is 0.947 bits per heavy atom. The molecular formula is C19H34. The van der Waals surface area contributed by atoms with Crippen LogP contribution < -0.4 is 0 Å². The first-order valence-electron chi connectivity index (χ1n) is 7.90. The molecule has 0 aliphatic carbocycles. The molecule has 0 saturated carbocycles. The van der Waals surface area contributed by atoms with Gasteiger partial charge in [-0.25, -0.2) is 0 Å². The molecule has 0 heterocycles. The molecule has 0 amide bonds. The molecule has 0 aromatic carbocycles. The molecule has 0 radical (unpaired) electrons. The van der Waals surface area contributed by atoms with Gasteiger partial charge in [-0.2, -0.15) is 0 Å². The topological polar surface area (TPSA) is 0 Å². The van der Waals surface area contributed by atoms with E-state index >= 15 is 0 Å². The van der Waals surface area contributed by atoms with Gasteiger partial charge >= 0.3 is 0 Å². The summed E-state index contributed by atoms with van der Waals surface area (Å²) in [4.78, 5) is 0. The molecule has 0 bridgehead atoms. The molecule has 110 valence electrons. The average Bonchev–Trinajstić information content (AvgIpc) is 2.31. The van der Waals surface area contributed by atoms with E-state index in [1.807, 2.05) is 0 Å². The molecule has 0 N–H and O–H groups in total. The van der Waals surface area contributed by atoms with Gasteiger partial charge in [0.05, 0.1) is 0 Å². The van der Waals surface area contributed by atoms with Gasteiger partial charge in [-0.1, -0.05) is 49.8 Å². The van der Waals surface area contributed by atoms with Crippen LogP contribution in [0.4, 0.5) is 0 Å². The second kappa shape index (κ2) is 11.1. The molecule has 1 unspecified atom stereocenters. The smallest absolute Gasteiger partial charge is 0.0291 e. The van der Waals surface area contributed by atoms with Crippen molar-refractivity contribution in [3.8, 4) is 0 Å². The normalized spacial score (nSPS) is 12.4. The van der Waals surface area contributed by atoms with Gasteiger partial charge in [-0.3, -0.25) is 0 Å². The van der Waals surface area contributed by atoms with Crippen LogP contribution in [0.3, 0.4) is 0 Å². The number of hydrogen-bond donors (Lipinski definition) is 0. The van der Waals surface area contributed by atoms with E-state index in [1.54, 1.807) is 0 Å². The Kier molecular flexibility index (Phi) is 10.6. The lowest BCUT2D eigenvalue weighted by atomic mass is 9.78. The van der Waals surface area contributed by atoms with Crippen molar-refractivity contribution in [1.29, 1.82) is 0 Å². The minimum absolute atomic E-state index is 0.703. The molecule has 0 aromatic rings. The lowest BCUT2D eigenvalue weighted by Crippen LogP contribution is -2.15. The van der Waals surface area contributed by atoms with Gasteiger partial charge in [0.25, 0.3) is 0 Å². The van der Waals surface area contributed by atoms with Gasteiger partial charge in [0.15, 0.2) is 0 Å². The molecule has 0 rings (SSSR count). The van der Waals surface area contributed by atoms with Gasteiger partial charge < -0.3 is 0 Å². The number of allylic oxidation sites excluding steroid dienone is 3. The van der Waals surface area contributed by atoms with Crippen molar-refractivity contribution in [3.05, 3.63) is 37.0 Å². The summed E-state index contributed by atoms with van der Waals surface area (Å²) in [7, 11) is 0. The van der Waals surface area contributed by atoms with Gasteiger partial charge in [-0.05, 0) is 51.4 Å². The molecule has 0 fully saturated rings. The maximum Gasteiger partial charge on any atom is -0.0291 e. The molecule has 19 heavy (non-hydrogen) atoms. The highest BCUT2D eigenvalue weighted by molar-refractivity contribution is 4.99. The number of unbranched alkanes of at least 4 members (excludes halogenated alkanes) is 3. The first-order valence-corrected chi connectivity index (χ1v) is 7.90. The van der Waals surface area contributed by atoms with Crippen molar-refractivity contribution >= 4 is 0 Å². The first kappa shape index (κ1) is 18.2. The Bertz CT molecular complexity index is 256. The Morgan fingerprint density at radius 2 is 1.53 bits per heavy atom. The van der Waals surface area contributed by atoms with E-state index in [0.717, 1.165) is 25.2 Å². The van der Waals surface area contributed by atoms with E-state index < -0.39 is 0 Å². The summed E-state index contributed by atoms with van der Waals surface area (Å²) in [5.74, 6) is 1.46. The van der Waals surface area contributed by atoms with Crippen molar-refractivity contribution in [2.45, 2.75) is 72.1 Å². The summed E-state index contributed by atoms with van der Waals surface area (Å²) in [5.41, 5.74) is 2.60. The third-order valence-electron chi connectivity index (χ3n) is 3.79. The number of rotatable bonds is 12. The number of hydrogen-bond acceptors (Lipinski definition) is 0. The molecular weight excluding hydrogens is 228 g/mol. The SMILES string of the molecule is C=CCC(CCCCCC)C(CC(=C)C)CC(=C)C. The van der Waals surface area contributed by atoms with Crippen molar-refractivity contribution in [1.82, 2.24) is 0 Å². The minimum Gasteiger partial charge on any atom is -0.103 e. The van der Waals surface area contributed by atoms with Gasteiger partial charge in [0.2, 0.25) is 0 Å². The van der Waals surface area contributed by atoms with E-state index in [2.05, 4.69) is 46.6 Å². The molecule has 0 spiro atoms. The van der Waals surface area contributed by atoms with Crippen LogP contribution in [-0.2, 0) is 0 Å². The lowest BCUT2D eigenvalue weighted by Gasteiger charge is -2.27. The van der Waals surface area contributed by atoms with Crippen molar-refractivity contribution in [2.24, 2.45) is 11.8 Å². The predicted molar refractivity (Wildman–Crippen MR) is 89.4 cm³/mol. The standard InChI is InChI=1S/C19H34/c1-7-9-10-11-13-18(12-8-2)19(14-16(3)4)15-17(5)6/h8,18-19H,2-3,5,7,9-15H2,1,4,6H3. The molecule has 0 aromatic heterocycles. The summed E-state index contributed by atoms with van der Waals surface area (Å²) >= 11 is 0. The van der Waals surface area contributed by atoms with Crippen LogP contribution in [0.5, 0.6) is 0 Å². The van der Waals surface area contributed by atoms with Gasteiger partial charge in [0, 0.05) is 0 Å². The zero-order valence-corrected chi connectivity index (χ0v) is 13.5. The fourth-order valence-corrected chi connectivity index (χ4v) is 2.89. The van der Waals surface area contributed by atoms with Crippen LogP contribution in [0.25, 0.3) is 0 Å². The molecule has 0 aliphatic heterocycles. The average molecular weight is 262 g/mol. The zero-order chi connectivity index (χ0) is 14.7. The maximum atomic E-state index is 4.10. The quantitative estimate of drug-likeness (QED) is 0.271. The van der Waals surface area contributed by atoms with Crippen LogP contribution in [-0.4, -0.2) is 0 Å². The Morgan fingerprint density at radius 3 is 1.95 bits per heavy atom. The first-order chi connectivity index (χ1) is 9.01. The van der Waals surface area contributed by atoms with E-state index in [9.17, 15) is 0 Å². The molecule has 0 heteroatoms. The molecule has 1 atom stereocenters. The fourth-order valence-electron chi connectivity index (χ4n) is 2.89. The highest BCUT2D eigenvalue weighted by Gasteiger charge is 2.20. The summed E-state index contributed by atoms with van der Waals surface area (Å²) < 4.78 is 0. The van der Waals surface area contributed by atoms with E-state index in [1.165, 1.54) is 43.3 Å². The summed E-state index contributed by atoms with van der Waals surface area (Å²) in [5, 5.41) is 0. The van der Waals surface area contributed by atoms with E-state index in [0.29, 0.717) is 5.92 Å². The molecule has 0 saturated heterocycles. The zero-order valence-electron chi connectivity index (χ0n) is 13.5. The monoisotopic (exact) mass is 262 g/mol. The van der Waals surface area contributed by atoms with Gasteiger partial charge in [0.1, 0.15) is 0 Å². The Balaban J connectivity index is 4.48. The summed E-state index contributed by atoms with van der Waals surface area (Å²) in [6.45, 7) is 18.7. The lowest BCUT2D eigenvalue weighted by molar-refractivity contribution is 0.300. The Labute approximate surface area is 121 Å². The summed E-state index contributed by atoms with van der Waals surface area (Å²) in [6.07, 6.45) is 12.2. The van der Waals surface area contributed by atoms with Crippen LogP contribution in [0.15, 0.2) is 37.0 Å². The highest BCUT2D eigenvalue weighted by Crippen LogP contribution is 2.32. The molecule has 0 nitrogen and oxygen atoms in total. The van der Waals surface area contributed by atoms with E-state index in [-0.39, 0.29) is 0 Å². The van der Waals surface area contributed by atoms with Crippen molar-refractivity contribution in [3.63, 3.8) is 0 Å².